The Bertz CT molecular complexity index is 1100. The predicted molar refractivity (Wildman–Crippen MR) is 107 cm³/mol. The van der Waals surface area contributed by atoms with Crippen molar-refractivity contribution in [2.75, 3.05) is 25.2 Å². The van der Waals surface area contributed by atoms with Gasteiger partial charge in [-0.3, -0.25) is 9.59 Å². The highest BCUT2D eigenvalue weighted by Gasteiger charge is 2.30. The molecule has 0 spiro atoms. The number of hydrogen-bond donors (Lipinski definition) is 2. The smallest absolute Gasteiger partial charge is 0.270 e. The Hall–Kier alpha value is -3.05. The van der Waals surface area contributed by atoms with E-state index in [0.717, 1.165) is 0 Å². The Morgan fingerprint density at radius 3 is 2.50 bits per heavy atom. The second-order valence-corrected chi connectivity index (χ2v) is 8.90. The average Bonchev–Trinajstić information content (AvgIpc) is 3.33. The molecule has 0 unspecified atom stereocenters. The number of likely N-dealkylation sites (tertiary alicyclic amines) is 1. The number of carbonyl (C=O) groups is 2. The number of hydrogen-bond acceptors (Lipinski definition) is 6. The summed E-state index contributed by atoms with van der Waals surface area (Å²) in [6.07, 6.45) is 2.33. The molecule has 2 amide bonds. The number of piperidine rings is 1. The first-order valence-corrected chi connectivity index (χ1v) is 11.0. The molecule has 4 rings (SSSR count). The maximum absolute atomic E-state index is 12.8. The SMILES string of the molecule is Cn1cc(S(N)(=O)=O)cc1C(=O)N1CCC(C(=O)Nc2ccc3c(c2)OCO3)CC1. The molecule has 11 heteroatoms. The molecule has 0 atom stereocenters. The van der Waals surface area contributed by atoms with Gasteiger partial charge in [-0.05, 0) is 31.0 Å². The molecule has 0 bridgehead atoms. The predicted octanol–water partition coefficient (Wildman–Crippen LogP) is 0.892. The molecule has 2 aliphatic heterocycles. The summed E-state index contributed by atoms with van der Waals surface area (Å²) in [6, 6.07) is 6.49. The molecule has 10 nitrogen and oxygen atoms in total. The monoisotopic (exact) mass is 434 g/mol. The molecule has 3 N–H and O–H groups in total. The number of amides is 2. The lowest BCUT2D eigenvalue weighted by atomic mass is 9.95. The number of benzene rings is 1. The van der Waals surface area contributed by atoms with Crippen LogP contribution < -0.4 is 19.9 Å². The zero-order valence-corrected chi connectivity index (χ0v) is 17.1. The highest BCUT2D eigenvalue weighted by atomic mass is 32.2. The van der Waals surface area contributed by atoms with Gasteiger partial charge in [0.05, 0.1) is 0 Å². The lowest BCUT2D eigenvalue weighted by molar-refractivity contribution is -0.121. The lowest BCUT2D eigenvalue weighted by Gasteiger charge is -2.31. The number of fused-ring (bicyclic) bond motifs is 1. The molecule has 1 saturated heterocycles. The first kappa shape index (κ1) is 20.2. The Labute approximate surface area is 173 Å². The van der Waals surface area contributed by atoms with E-state index in [-0.39, 0.29) is 35.1 Å². The standard InChI is InChI=1S/C19H22N4O6S/c1-22-10-14(30(20,26)27)9-15(22)19(25)23-6-4-12(5-7-23)18(24)21-13-2-3-16-17(8-13)29-11-28-16/h2-3,8-10,12H,4-7,11H2,1H3,(H,21,24)(H2,20,26,27). The van der Waals surface area contributed by atoms with Gasteiger partial charge in [-0.25, -0.2) is 13.6 Å². The molecule has 0 saturated carbocycles. The number of nitrogens with one attached hydrogen (secondary N) is 1. The van der Waals surface area contributed by atoms with Gasteiger partial charge in [0, 0.05) is 44.0 Å². The molecule has 1 aromatic carbocycles. The van der Waals surface area contributed by atoms with Crippen LogP contribution >= 0.6 is 0 Å². The molecule has 30 heavy (non-hydrogen) atoms. The van der Waals surface area contributed by atoms with Crippen LogP contribution in [0.4, 0.5) is 5.69 Å². The van der Waals surface area contributed by atoms with Crippen molar-refractivity contribution in [2.45, 2.75) is 17.7 Å². The van der Waals surface area contributed by atoms with E-state index in [0.29, 0.717) is 43.1 Å². The van der Waals surface area contributed by atoms with Crippen LogP contribution in [0.25, 0.3) is 0 Å². The average molecular weight is 434 g/mol. The van der Waals surface area contributed by atoms with Crippen molar-refractivity contribution in [3.05, 3.63) is 36.2 Å². The fraction of sp³-hybridized carbons (Fsp3) is 0.368. The van der Waals surface area contributed by atoms with E-state index < -0.39 is 10.0 Å². The number of sulfonamides is 1. The van der Waals surface area contributed by atoms with E-state index in [2.05, 4.69) is 5.32 Å². The van der Waals surface area contributed by atoms with Crippen LogP contribution in [0.15, 0.2) is 35.4 Å². The summed E-state index contributed by atoms with van der Waals surface area (Å²) < 4.78 is 35.0. The van der Waals surface area contributed by atoms with Gasteiger partial charge in [0.15, 0.2) is 11.5 Å². The van der Waals surface area contributed by atoms with E-state index in [4.69, 9.17) is 14.6 Å². The second kappa shape index (κ2) is 7.65. The minimum absolute atomic E-state index is 0.105. The van der Waals surface area contributed by atoms with Gasteiger partial charge in [-0.1, -0.05) is 0 Å². The van der Waals surface area contributed by atoms with Gasteiger partial charge in [0.2, 0.25) is 22.7 Å². The number of nitrogens with zero attached hydrogens (tertiary/aromatic N) is 2. The van der Waals surface area contributed by atoms with Gasteiger partial charge in [-0.15, -0.1) is 0 Å². The fourth-order valence-electron chi connectivity index (χ4n) is 3.63. The van der Waals surface area contributed by atoms with E-state index in [1.165, 1.54) is 16.8 Å². The molecular formula is C19H22N4O6S. The summed E-state index contributed by atoms with van der Waals surface area (Å²) in [4.78, 5) is 26.9. The molecule has 0 radical (unpaired) electrons. The summed E-state index contributed by atoms with van der Waals surface area (Å²) in [6.45, 7) is 0.959. The molecule has 1 fully saturated rings. The fourth-order valence-corrected chi connectivity index (χ4v) is 4.21. The van der Waals surface area contributed by atoms with Crippen LogP contribution in [0.3, 0.4) is 0 Å². The largest absolute Gasteiger partial charge is 0.454 e. The molecule has 0 aliphatic carbocycles. The van der Waals surface area contributed by atoms with Crippen molar-refractivity contribution in [1.82, 2.24) is 9.47 Å². The normalized spacial score (nSPS) is 16.5. The lowest BCUT2D eigenvalue weighted by Crippen LogP contribution is -2.42. The number of aryl methyl sites for hydroxylation is 1. The van der Waals surface area contributed by atoms with Crippen molar-refractivity contribution < 1.29 is 27.5 Å². The van der Waals surface area contributed by atoms with Crippen molar-refractivity contribution >= 4 is 27.5 Å². The van der Waals surface area contributed by atoms with Crippen molar-refractivity contribution in [3.63, 3.8) is 0 Å². The van der Waals surface area contributed by atoms with Crippen molar-refractivity contribution in [2.24, 2.45) is 18.1 Å². The number of carbonyl (C=O) groups excluding carboxylic acids is 2. The molecule has 3 heterocycles. The van der Waals surface area contributed by atoms with E-state index in [9.17, 15) is 18.0 Å². The van der Waals surface area contributed by atoms with Gasteiger partial charge < -0.3 is 24.3 Å². The summed E-state index contributed by atoms with van der Waals surface area (Å²) in [7, 11) is -2.29. The van der Waals surface area contributed by atoms with Crippen LogP contribution in [0.1, 0.15) is 23.3 Å². The minimum Gasteiger partial charge on any atom is -0.454 e. The zero-order valence-electron chi connectivity index (χ0n) is 16.3. The quantitative estimate of drug-likeness (QED) is 0.734. The maximum Gasteiger partial charge on any atom is 0.270 e. The Morgan fingerprint density at radius 1 is 1.13 bits per heavy atom. The first-order chi connectivity index (χ1) is 14.2. The number of ether oxygens (including phenoxy) is 2. The molecule has 2 aromatic rings. The molecule has 2 aliphatic rings. The van der Waals surface area contributed by atoms with Crippen molar-refractivity contribution in [3.8, 4) is 11.5 Å². The molecule has 160 valence electrons. The number of aromatic nitrogens is 1. The van der Waals surface area contributed by atoms with E-state index in [1.807, 2.05) is 0 Å². The van der Waals surface area contributed by atoms with Crippen LogP contribution in [0.5, 0.6) is 11.5 Å². The highest BCUT2D eigenvalue weighted by molar-refractivity contribution is 7.89. The summed E-state index contributed by atoms with van der Waals surface area (Å²) in [5.41, 5.74) is 0.865. The van der Waals surface area contributed by atoms with Gasteiger partial charge in [-0.2, -0.15) is 0 Å². The van der Waals surface area contributed by atoms with Crippen LogP contribution in [-0.2, 0) is 21.9 Å². The summed E-state index contributed by atoms with van der Waals surface area (Å²) >= 11 is 0. The van der Waals surface area contributed by atoms with Crippen LogP contribution in [0.2, 0.25) is 0 Å². The van der Waals surface area contributed by atoms with Gasteiger partial charge in [0.1, 0.15) is 10.6 Å². The third kappa shape index (κ3) is 3.98. The number of anilines is 1. The van der Waals surface area contributed by atoms with E-state index in [1.54, 1.807) is 30.1 Å². The number of rotatable bonds is 4. The third-order valence-electron chi connectivity index (χ3n) is 5.32. The zero-order chi connectivity index (χ0) is 21.5. The van der Waals surface area contributed by atoms with Crippen molar-refractivity contribution in [1.29, 1.82) is 0 Å². The minimum atomic E-state index is -3.88. The summed E-state index contributed by atoms with van der Waals surface area (Å²) in [5, 5.41) is 8.02. The highest BCUT2D eigenvalue weighted by Crippen LogP contribution is 2.34. The van der Waals surface area contributed by atoms with Crippen LogP contribution in [-0.4, -0.2) is 49.6 Å². The molecular weight excluding hydrogens is 412 g/mol. The maximum atomic E-state index is 12.8. The Kier molecular flexibility index (Phi) is 5.16. The van der Waals surface area contributed by atoms with Gasteiger partial charge in [0.25, 0.3) is 5.91 Å². The second-order valence-electron chi connectivity index (χ2n) is 7.34. The first-order valence-electron chi connectivity index (χ1n) is 9.41. The third-order valence-corrected chi connectivity index (χ3v) is 6.20. The topological polar surface area (TPSA) is 133 Å². The van der Waals surface area contributed by atoms with E-state index >= 15 is 0 Å². The Morgan fingerprint density at radius 2 is 1.83 bits per heavy atom. The number of nitrogens with two attached hydrogens (primary N) is 1. The number of primary sulfonamides is 1. The summed E-state index contributed by atoms with van der Waals surface area (Å²) in [5.74, 6) is 0.604. The Balaban J connectivity index is 1.36. The molecule has 1 aromatic heterocycles. The van der Waals surface area contributed by atoms with Gasteiger partial charge >= 0.3 is 0 Å². The van der Waals surface area contributed by atoms with Crippen LogP contribution in [0, 0.1) is 5.92 Å².